The van der Waals surface area contributed by atoms with E-state index in [1.54, 1.807) is 18.2 Å². The second-order valence-corrected chi connectivity index (χ2v) is 2.88. The Bertz CT molecular complexity index is 416. The first-order valence-corrected chi connectivity index (χ1v) is 5.07. The lowest BCUT2D eigenvalue weighted by molar-refractivity contribution is 0.326. The Kier molecular flexibility index (Phi) is 7.32. The minimum atomic E-state index is -2.55. The molecule has 0 saturated carbocycles. The van der Waals surface area contributed by atoms with Gasteiger partial charge in [-0.2, -0.15) is 9.47 Å². The molecule has 0 saturated heterocycles. The summed E-state index contributed by atoms with van der Waals surface area (Å²) in [6, 6.07) is 1.73. The molecule has 1 atom stereocenters. The van der Waals surface area contributed by atoms with E-state index in [-0.39, 0.29) is 5.71 Å². The minimum absolute atomic E-state index is 0.139. The van der Waals surface area contributed by atoms with Crippen LogP contribution < -0.4 is 0 Å². The molecule has 84 valence electrons. The van der Waals surface area contributed by atoms with Crippen molar-refractivity contribution in [2.24, 2.45) is 5.16 Å². The first kappa shape index (κ1) is 14.0. The van der Waals surface area contributed by atoms with Gasteiger partial charge in [0, 0.05) is 5.57 Å². The van der Waals surface area contributed by atoms with Gasteiger partial charge in [0.25, 0.3) is 0 Å². The molecule has 6 heteroatoms. The predicted molar refractivity (Wildman–Crippen MR) is 62.5 cm³/mol. The Hall–Kier alpha value is -1.97. The van der Waals surface area contributed by atoms with Crippen LogP contribution in [-0.2, 0) is 15.6 Å². The number of oxime groups is 1. The van der Waals surface area contributed by atoms with E-state index in [4.69, 9.17) is 9.81 Å². The summed E-state index contributed by atoms with van der Waals surface area (Å²) >= 11 is -2.55. The average molecular weight is 238 g/mol. The van der Waals surface area contributed by atoms with Crippen molar-refractivity contribution in [1.82, 2.24) is 0 Å². The van der Waals surface area contributed by atoms with E-state index in [2.05, 4.69) is 22.6 Å². The zero-order valence-corrected chi connectivity index (χ0v) is 9.18. The first-order valence-electron chi connectivity index (χ1n) is 4.04. The molecular weight excluding hydrogens is 228 g/mol. The highest BCUT2D eigenvalue weighted by molar-refractivity contribution is 7.74. The van der Waals surface area contributed by atoms with Crippen LogP contribution in [0.25, 0.3) is 0 Å². The normalized spacial score (nSPS) is 14.2. The first-order chi connectivity index (χ1) is 7.65. The molecule has 0 radical (unpaired) electrons. The predicted octanol–water partition coefficient (Wildman–Crippen LogP) is 1.87. The molecule has 0 aromatic carbocycles. The number of allylic oxidation sites excluding steroid dienone is 6. The molecule has 0 rings (SSSR count). The Morgan fingerprint density at radius 1 is 1.50 bits per heavy atom. The molecule has 1 unspecified atom stereocenters. The van der Waals surface area contributed by atoms with Crippen LogP contribution in [0.15, 0.2) is 54.3 Å². The zero-order chi connectivity index (χ0) is 12.4. The summed E-state index contributed by atoms with van der Waals surface area (Å²) < 4.78 is 22.6. The molecule has 5 nitrogen and oxygen atoms in total. The molecule has 0 bridgehead atoms. The third-order valence-electron chi connectivity index (χ3n) is 1.28. The van der Waals surface area contributed by atoms with Gasteiger partial charge >= 0.3 is 11.4 Å². The van der Waals surface area contributed by atoms with Gasteiger partial charge in [0.2, 0.25) is 0 Å². The Balaban J connectivity index is 5.09. The summed E-state index contributed by atoms with van der Waals surface area (Å²) in [5, 5.41) is 12.0. The summed E-state index contributed by atoms with van der Waals surface area (Å²) in [6.45, 7) is 6.94. The highest BCUT2D eigenvalue weighted by Gasteiger charge is 2.04. The summed E-state index contributed by atoms with van der Waals surface area (Å²) in [6.07, 6.45) is 7.59. The van der Waals surface area contributed by atoms with Gasteiger partial charge in [-0.05, 0) is 0 Å². The van der Waals surface area contributed by atoms with Crippen LogP contribution in [0.4, 0.5) is 0 Å². The van der Waals surface area contributed by atoms with E-state index >= 15 is 0 Å². The number of nitriles is 1. The Morgan fingerprint density at radius 2 is 2.19 bits per heavy atom. The van der Waals surface area contributed by atoms with Gasteiger partial charge in [0.1, 0.15) is 6.07 Å². The van der Waals surface area contributed by atoms with E-state index in [9.17, 15) is 4.21 Å². The monoisotopic (exact) mass is 238 g/mol. The van der Waals surface area contributed by atoms with Crippen LogP contribution in [-0.4, -0.2) is 14.5 Å². The molecule has 1 N–H and O–H groups in total. The van der Waals surface area contributed by atoms with Crippen LogP contribution in [0.3, 0.4) is 0 Å². The van der Waals surface area contributed by atoms with E-state index in [0.717, 1.165) is 0 Å². The quantitative estimate of drug-likeness (QED) is 0.331. The molecule has 0 heterocycles. The number of hydrogen-bond donors (Lipinski definition) is 1. The van der Waals surface area contributed by atoms with Crippen molar-refractivity contribution in [2.75, 3.05) is 0 Å². The number of hydrogen-bond acceptors (Lipinski definition) is 4. The molecule has 0 aromatic heterocycles. The third kappa shape index (κ3) is 5.70. The van der Waals surface area contributed by atoms with E-state index in [0.29, 0.717) is 5.57 Å². The van der Waals surface area contributed by atoms with Crippen LogP contribution in [0, 0.1) is 11.3 Å². The molecule has 0 aliphatic carbocycles. The fraction of sp³-hybridized carbons (Fsp3) is 0. The fourth-order valence-corrected chi connectivity index (χ4v) is 0.857. The molecule has 0 aromatic rings. The fourth-order valence-electron chi connectivity index (χ4n) is 0.719. The standard InChI is InChI=1S/C10H10N2O3S/c1-3-5-7-9(6-4-2)10(8-11)12-15-16(13)14/h3-7H,1-2H2,(H,13,14)/b7-5-,9-6+,12-10+. The van der Waals surface area contributed by atoms with Crippen LogP contribution in [0.2, 0.25) is 0 Å². The van der Waals surface area contributed by atoms with Gasteiger partial charge in [0.05, 0.1) is 0 Å². The second kappa shape index (κ2) is 8.35. The van der Waals surface area contributed by atoms with E-state index in [1.807, 2.05) is 0 Å². The largest absolute Gasteiger partial charge is 0.378 e. The van der Waals surface area contributed by atoms with Crippen molar-refractivity contribution >= 4 is 17.1 Å². The van der Waals surface area contributed by atoms with Gasteiger partial charge < -0.3 is 0 Å². The van der Waals surface area contributed by atoms with E-state index < -0.39 is 11.4 Å². The van der Waals surface area contributed by atoms with Gasteiger partial charge in [-0.1, -0.05) is 48.7 Å². The number of rotatable bonds is 6. The van der Waals surface area contributed by atoms with Crippen molar-refractivity contribution in [1.29, 1.82) is 5.26 Å². The van der Waals surface area contributed by atoms with Gasteiger partial charge in [-0.25, -0.2) is 0 Å². The summed E-state index contributed by atoms with van der Waals surface area (Å²) in [5.74, 6) is 0. The molecule has 0 spiro atoms. The van der Waals surface area contributed by atoms with Crippen molar-refractivity contribution in [3.63, 3.8) is 0 Å². The summed E-state index contributed by atoms with van der Waals surface area (Å²) in [7, 11) is 0. The molecule has 16 heavy (non-hydrogen) atoms. The zero-order valence-electron chi connectivity index (χ0n) is 8.37. The van der Waals surface area contributed by atoms with Gasteiger partial charge in [-0.3, -0.25) is 8.84 Å². The molecule has 0 aliphatic rings. The average Bonchev–Trinajstić information content (AvgIpc) is 2.26. The van der Waals surface area contributed by atoms with Gasteiger partial charge in [0.15, 0.2) is 5.71 Å². The summed E-state index contributed by atoms with van der Waals surface area (Å²) in [5.41, 5.74) is 0.253. The summed E-state index contributed by atoms with van der Waals surface area (Å²) in [4.78, 5) is 0. The number of nitrogens with zero attached hydrogens (tertiary/aromatic N) is 2. The topological polar surface area (TPSA) is 82.7 Å². The lowest BCUT2D eigenvalue weighted by Gasteiger charge is -1.96. The second-order valence-electron chi connectivity index (χ2n) is 2.30. The smallest absolute Gasteiger partial charge is 0.273 e. The van der Waals surface area contributed by atoms with E-state index in [1.165, 1.54) is 18.2 Å². The third-order valence-corrected chi connectivity index (χ3v) is 1.48. The SMILES string of the molecule is C=C\C=C/C(=C\C=C)C(/C#N)=N/OS(=O)O. The maximum atomic E-state index is 10.2. The van der Waals surface area contributed by atoms with Crippen LogP contribution in [0.5, 0.6) is 0 Å². The minimum Gasteiger partial charge on any atom is -0.273 e. The highest BCUT2D eigenvalue weighted by atomic mass is 32.2. The Labute approximate surface area is 96.2 Å². The lowest BCUT2D eigenvalue weighted by atomic mass is 10.1. The van der Waals surface area contributed by atoms with Crippen molar-refractivity contribution in [2.45, 2.75) is 0 Å². The Morgan fingerprint density at radius 3 is 2.62 bits per heavy atom. The maximum absolute atomic E-state index is 10.2. The molecule has 0 fully saturated rings. The van der Waals surface area contributed by atoms with Crippen molar-refractivity contribution in [3.8, 4) is 6.07 Å². The molecular formula is C10H10N2O3S. The van der Waals surface area contributed by atoms with Crippen molar-refractivity contribution in [3.05, 3.63) is 49.1 Å². The maximum Gasteiger partial charge on any atom is 0.378 e. The van der Waals surface area contributed by atoms with Crippen LogP contribution >= 0.6 is 0 Å². The lowest BCUT2D eigenvalue weighted by Crippen LogP contribution is -2.00. The highest BCUT2D eigenvalue weighted by Crippen LogP contribution is 2.02. The van der Waals surface area contributed by atoms with Gasteiger partial charge in [-0.15, -0.1) is 0 Å². The van der Waals surface area contributed by atoms with Crippen LogP contribution in [0.1, 0.15) is 0 Å². The molecule has 0 amide bonds. The van der Waals surface area contributed by atoms with Crippen molar-refractivity contribution < 1.29 is 13.0 Å². The molecule has 0 aliphatic heterocycles.